The molecule has 0 aliphatic carbocycles. The van der Waals surface area contributed by atoms with Crippen molar-refractivity contribution in [3.8, 4) is 0 Å². The second kappa shape index (κ2) is 9.53. The number of fused-ring (bicyclic) bond motifs is 1. The van der Waals surface area contributed by atoms with Gasteiger partial charge in [0.2, 0.25) is 0 Å². The number of nitro groups is 1. The molecule has 0 unspecified atom stereocenters. The molecule has 0 fully saturated rings. The molecule has 0 radical (unpaired) electrons. The van der Waals surface area contributed by atoms with Crippen LogP contribution < -0.4 is 10.2 Å². The number of aryl methyl sites for hydroxylation is 1. The quantitative estimate of drug-likeness (QED) is 0.347. The summed E-state index contributed by atoms with van der Waals surface area (Å²) in [5.41, 5.74) is 1.62. The first-order valence-corrected chi connectivity index (χ1v) is 10.6. The molecular weight excluding hydrogens is 438 g/mol. The molecule has 2 amide bonds. The number of hydrogen-bond acceptors (Lipinski definition) is 6. The molecule has 172 valence electrons. The maximum absolute atomic E-state index is 13.4. The number of methoxy groups -OCH3 is 1. The highest BCUT2D eigenvalue weighted by molar-refractivity contribution is 6.12. The number of ether oxygens (including phenoxy) is 1. The van der Waals surface area contributed by atoms with Crippen molar-refractivity contribution in [2.75, 3.05) is 23.9 Å². The molecule has 34 heavy (non-hydrogen) atoms. The van der Waals surface area contributed by atoms with Gasteiger partial charge in [0, 0.05) is 23.9 Å². The molecule has 0 spiro atoms. The fourth-order valence-electron chi connectivity index (χ4n) is 3.98. The van der Waals surface area contributed by atoms with Gasteiger partial charge in [-0.3, -0.25) is 19.7 Å². The average molecular weight is 459 g/mol. The highest BCUT2D eigenvalue weighted by atomic mass is 16.6. The third-order valence-corrected chi connectivity index (χ3v) is 5.62. The molecule has 3 aromatic rings. The minimum absolute atomic E-state index is 0.0185. The normalized spacial score (nSPS) is 12.4. The van der Waals surface area contributed by atoms with Crippen LogP contribution in [0.15, 0.2) is 66.7 Å². The Hall–Kier alpha value is -4.53. The zero-order valence-corrected chi connectivity index (χ0v) is 18.3. The number of anilines is 2. The minimum atomic E-state index is -0.787. The van der Waals surface area contributed by atoms with Crippen molar-refractivity contribution in [2.24, 2.45) is 0 Å². The smallest absolute Gasteiger partial charge is 0.339 e. The molecule has 3 aromatic carbocycles. The lowest BCUT2D eigenvalue weighted by Crippen LogP contribution is -2.35. The van der Waals surface area contributed by atoms with Gasteiger partial charge in [-0.25, -0.2) is 4.79 Å². The van der Waals surface area contributed by atoms with Gasteiger partial charge >= 0.3 is 5.97 Å². The number of nitrogens with one attached hydrogen (secondary N) is 1. The number of benzene rings is 3. The van der Waals surface area contributed by atoms with Gasteiger partial charge in [-0.1, -0.05) is 30.3 Å². The average Bonchev–Trinajstić information content (AvgIpc) is 2.87. The van der Waals surface area contributed by atoms with Gasteiger partial charge in [-0.05, 0) is 48.7 Å². The molecule has 1 heterocycles. The van der Waals surface area contributed by atoms with Gasteiger partial charge in [-0.15, -0.1) is 0 Å². The number of rotatable bonds is 5. The van der Waals surface area contributed by atoms with E-state index < -0.39 is 16.8 Å². The molecule has 0 aromatic heterocycles. The van der Waals surface area contributed by atoms with E-state index in [2.05, 4.69) is 5.32 Å². The molecule has 9 nitrogen and oxygen atoms in total. The molecule has 0 bridgehead atoms. The summed E-state index contributed by atoms with van der Waals surface area (Å²) in [6, 6.07) is 17.4. The van der Waals surface area contributed by atoms with E-state index >= 15 is 0 Å². The van der Waals surface area contributed by atoms with Crippen molar-refractivity contribution >= 4 is 34.8 Å². The summed E-state index contributed by atoms with van der Waals surface area (Å²) < 4.78 is 4.80. The SMILES string of the molecule is COC(=O)c1ccc(C(=O)N2CCCc3ccccc32)cc1NC(=O)c1ccccc1[N+](=O)[O-]. The Morgan fingerprint density at radius 2 is 1.74 bits per heavy atom. The van der Waals surface area contributed by atoms with Crippen LogP contribution in [-0.2, 0) is 11.2 Å². The predicted molar refractivity (Wildman–Crippen MR) is 125 cm³/mol. The van der Waals surface area contributed by atoms with E-state index in [1.165, 1.54) is 49.6 Å². The molecule has 0 atom stereocenters. The second-order valence-corrected chi connectivity index (χ2v) is 7.67. The first-order chi connectivity index (χ1) is 16.4. The van der Waals surface area contributed by atoms with Crippen molar-refractivity contribution in [3.05, 3.63) is 99.1 Å². The second-order valence-electron chi connectivity index (χ2n) is 7.67. The molecular formula is C25H21N3O6. The van der Waals surface area contributed by atoms with Crippen LogP contribution in [0.1, 0.15) is 43.1 Å². The zero-order valence-electron chi connectivity index (χ0n) is 18.3. The number of amides is 2. The number of esters is 1. The molecule has 1 N–H and O–H groups in total. The maximum atomic E-state index is 13.4. The van der Waals surface area contributed by atoms with E-state index in [0.717, 1.165) is 24.1 Å². The summed E-state index contributed by atoms with van der Waals surface area (Å²) in [4.78, 5) is 50.9. The minimum Gasteiger partial charge on any atom is -0.465 e. The molecule has 0 saturated heterocycles. The van der Waals surface area contributed by atoms with Crippen molar-refractivity contribution in [2.45, 2.75) is 12.8 Å². The first kappa shape index (κ1) is 22.7. The molecule has 4 rings (SSSR count). The molecule has 1 aliphatic rings. The standard InChI is InChI=1S/C25H21N3O6/c1-34-25(31)18-13-12-17(24(30)27-14-6-8-16-7-2-4-10-21(16)27)15-20(18)26-23(29)19-9-3-5-11-22(19)28(32)33/h2-5,7,9-13,15H,6,8,14H2,1H3,(H,26,29). The summed E-state index contributed by atoms with van der Waals surface area (Å²) in [5.74, 6) is -1.80. The Labute approximate surface area is 195 Å². The summed E-state index contributed by atoms with van der Waals surface area (Å²) in [7, 11) is 1.19. The first-order valence-electron chi connectivity index (χ1n) is 10.6. The Morgan fingerprint density at radius 3 is 2.50 bits per heavy atom. The topological polar surface area (TPSA) is 119 Å². The summed E-state index contributed by atoms with van der Waals surface area (Å²) in [6.07, 6.45) is 1.68. The van der Waals surface area contributed by atoms with E-state index in [1.807, 2.05) is 24.3 Å². The third kappa shape index (κ3) is 4.36. The maximum Gasteiger partial charge on any atom is 0.339 e. The van der Waals surface area contributed by atoms with Crippen molar-refractivity contribution in [1.82, 2.24) is 0 Å². The highest BCUT2D eigenvalue weighted by Gasteiger charge is 2.26. The van der Waals surface area contributed by atoms with E-state index in [-0.39, 0.29) is 34.0 Å². The van der Waals surface area contributed by atoms with Crippen LogP contribution >= 0.6 is 0 Å². The van der Waals surface area contributed by atoms with Gasteiger partial charge in [0.25, 0.3) is 17.5 Å². The van der Waals surface area contributed by atoms with E-state index in [1.54, 1.807) is 4.90 Å². The lowest BCUT2D eigenvalue weighted by molar-refractivity contribution is -0.385. The lowest BCUT2D eigenvalue weighted by Gasteiger charge is -2.29. The van der Waals surface area contributed by atoms with Crippen LogP contribution in [0.5, 0.6) is 0 Å². The van der Waals surface area contributed by atoms with Crippen molar-refractivity contribution < 1.29 is 24.0 Å². The molecule has 1 aliphatic heterocycles. The van der Waals surface area contributed by atoms with Crippen LogP contribution in [0.4, 0.5) is 17.1 Å². The van der Waals surface area contributed by atoms with Gasteiger partial charge in [0.1, 0.15) is 5.56 Å². The van der Waals surface area contributed by atoms with Crippen LogP contribution in [-0.4, -0.2) is 36.4 Å². The lowest BCUT2D eigenvalue weighted by atomic mass is 10.00. The van der Waals surface area contributed by atoms with Crippen LogP contribution in [0.25, 0.3) is 0 Å². The number of hydrogen-bond donors (Lipinski definition) is 1. The van der Waals surface area contributed by atoms with Crippen LogP contribution in [0.3, 0.4) is 0 Å². The summed E-state index contributed by atoms with van der Waals surface area (Å²) >= 11 is 0. The Bertz CT molecular complexity index is 1300. The fourth-order valence-corrected chi connectivity index (χ4v) is 3.98. The van der Waals surface area contributed by atoms with E-state index in [0.29, 0.717) is 6.54 Å². The van der Waals surface area contributed by atoms with E-state index in [4.69, 9.17) is 4.74 Å². The van der Waals surface area contributed by atoms with Crippen molar-refractivity contribution in [3.63, 3.8) is 0 Å². The van der Waals surface area contributed by atoms with Gasteiger partial charge in [0.15, 0.2) is 0 Å². The van der Waals surface area contributed by atoms with Crippen molar-refractivity contribution in [1.29, 1.82) is 0 Å². The highest BCUT2D eigenvalue weighted by Crippen LogP contribution is 2.29. The predicted octanol–water partition coefficient (Wildman–Crippen LogP) is 4.23. The fraction of sp³-hybridized carbons (Fsp3) is 0.160. The number of carbonyl (C=O) groups is 3. The van der Waals surface area contributed by atoms with Gasteiger partial charge in [0.05, 0.1) is 23.3 Å². The van der Waals surface area contributed by atoms with Crippen LogP contribution in [0, 0.1) is 10.1 Å². The third-order valence-electron chi connectivity index (χ3n) is 5.62. The molecule has 0 saturated carbocycles. The monoisotopic (exact) mass is 459 g/mol. The number of carbonyl (C=O) groups excluding carboxylic acids is 3. The van der Waals surface area contributed by atoms with E-state index in [9.17, 15) is 24.5 Å². The summed E-state index contributed by atoms with van der Waals surface area (Å²) in [6.45, 7) is 0.534. The number of nitro benzene ring substituents is 1. The number of para-hydroxylation sites is 2. The van der Waals surface area contributed by atoms with Crippen LogP contribution in [0.2, 0.25) is 0 Å². The Kier molecular flexibility index (Phi) is 6.35. The Balaban J connectivity index is 1.70. The number of nitrogens with zero attached hydrogens (tertiary/aromatic N) is 2. The Morgan fingerprint density at radius 1 is 1.00 bits per heavy atom. The van der Waals surface area contributed by atoms with Gasteiger partial charge < -0.3 is 15.0 Å². The largest absolute Gasteiger partial charge is 0.465 e. The molecule has 9 heteroatoms. The zero-order chi connectivity index (χ0) is 24.2. The summed E-state index contributed by atoms with van der Waals surface area (Å²) in [5, 5.41) is 13.9. The van der Waals surface area contributed by atoms with Gasteiger partial charge in [-0.2, -0.15) is 0 Å².